The molecule has 3 nitrogen and oxygen atoms in total. The number of benzene rings is 1. The zero-order valence-electron chi connectivity index (χ0n) is 12.6. The summed E-state index contributed by atoms with van der Waals surface area (Å²) in [5.41, 5.74) is 3.25. The summed E-state index contributed by atoms with van der Waals surface area (Å²) < 4.78 is 5.76. The predicted octanol–water partition coefficient (Wildman–Crippen LogP) is 4.01. The second-order valence-electron chi connectivity index (χ2n) is 6.23. The molecule has 0 saturated heterocycles. The van der Waals surface area contributed by atoms with Gasteiger partial charge in [0.2, 0.25) is 5.89 Å². The molecule has 1 aromatic carbocycles. The second-order valence-corrected chi connectivity index (χ2v) is 6.23. The Labute approximate surface area is 115 Å². The molecule has 0 aliphatic carbocycles. The highest BCUT2D eigenvalue weighted by Crippen LogP contribution is 2.26. The van der Waals surface area contributed by atoms with Crippen LogP contribution in [0.2, 0.25) is 0 Å². The third kappa shape index (κ3) is 3.35. The summed E-state index contributed by atoms with van der Waals surface area (Å²) in [5, 5.41) is 3.40. The Morgan fingerprint density at radius 2 is 2.05 bits per heavy atom. The van der Waals surface area contributed by atoms with Crippen molar-refractivity contribution in [2.75, 3.05) is 0 Å². The Balaban J connectivity index is 2.21. The fraction of sp³-hybridized carbons (Fsp3) is 0.562. The van der Waals surface area contributed by atoms with E-state index < -0.39 is 0 Å². The number of rotatable bonds is 4. The van der Waals surface area contributed by atoms with E-state index in [1.165, 1.54) is 5.56 Å². The van der Waals surface area contributed by atoms with E-state index in [2.05, 4.69) is 57.1 Å². The van der Waals surface area contributed by atoms with Gasteiger partial charge in [0, 0.05) is 6.04 Å². The van der Waals surface area contributed by atoms with E-state index in [4.69, 9.17) is 4.42 Å². The van der Waals surface area contributed by atoms with Crippen LogP contribution in [-0.2, 0) is 12.0 Å². The third-order valence-corrected chi connectivity index (χ3v) is 3.51. The summed E-state index contributed by atoms with van der Waals surface area (Å²) >= 11 is 0. The van der Waals surface area contributed by atoms with Crippen molar-refractivity contribution in [3.63, 3.8) is 0 Å². The molecule has 19 heavy (non-hydrogen) atoms. The molecule has 0 aliphatic heterocycles. The summed E-state index contributed by atoms with van der Waals surface area (Å²) in [4.78, 5) is 4.56. The summed E-state index contributed by atoms with van der Waals surface area (Å²) in [6.45, 7) is 11.6. The molecule has 1 atom stereocenters. The minimum atomic E-state index is 0.141. The average Bonchev–Trinajstić information content (AvgIpc) is 2.76. The molecule has 1 N–H and O–H groups in total. The Hall–Kier alpha value is -1.35. The average molecular weight is 260 g/mol. The van der Waals surface area contributed by atoms with Gasteiger partial charge in [0.25, 0.3) is 0 Å². The predicted molar refractivity (Wildman–Crippen MR) is 79.3 cm³/mol. The van der Waals surface area contributed by atoms with Crippen LogP contribution in [0.1, 0.15) is 52.5 Å². The van der Waals surface area contributed by atoms with E-state index in [9.17, 15) is 0 Å². The maximum Gasteiger partial charge on any atom is 0.209 e. The van der Waals surface area contributed by atoms with Crippen LogP contribution in [0.4, 0.5) is 0 Å². The first-order chi connectivity index (χ1) is 8.90. The lowest BCUT2D eigenvalue weighted by Crippen LogP contribution is -2.24. The SMILES string of the molecule is CCC(C)NCc1nc2cc(C(C)(C)C)ccc2o1. The van der Waals surface area contributed by atoms with Crippen molar-refractivity contribution in [2.24, 2.45) is 0 Å². The van der Waals surface area contributed by atoms with Crippen molar-refractivity contribution in [2.45, 2.75) is 59.0 Å². The molecule has 0 spiro atoms. The molecule has 104 valence electrons. The van der Waals surface area contributed by atoms with Gasteiger partial charge in [-0.3, -0.25) is 0 Å². The molecule has 0 aliphatic rings. The smallest absolute Gasteiger partial charge is 0.209 e. The van der Waals surface area contributed by atoms with Crippen LogP contribution < -0.4 is 5.32 Å². The van der Waals surface area contributed by atoms with Crippen LogP contribution in [0.15, 0.2) is 22.6 Å². The van der Waals surface area contributed by atoms with E-state index >= 15 is 0 Å². The van der Waals surface area contributed by atoms with Gasteiger partial charge in [-0.1, -0.05) is 33.8 Å². The van der Waals surface area contributed by atoms with Crippen LogP contribution in [0.25, 0.3) is 11.1 Å². The van der Waals surface area contributed by atoms with E-state index in [0.717, 1.165) is 23.4 Å². The number of oxazole rings is 1. The topological polar surface area (TPSA) is 38.1 Å². The number of nitrogens with zero attached hydrogens (tertiary/aromatic N) is 1. The Morgan fingerprint density at radius 1 is 1.32 bits per heavy atom. The van der Waals surface area contributed by atoms with Gasteiger partial charge in [0.15, 0.2) is 5.58 Å². The third-order valence-electron chi connectivity index (χ3n) is 3.51. The number of fused-ring (bicyclic) bond motifs is 1. The molecule has 0 amide bonds. The minimum absolute atomic E-state index is 0.141. The lowest BCUT2D eigenvalue weighted by molar-refractivity contribution is 0.455. The summed E-state index contributed by atoms with van der Waals surface area (Å²) in [5.74, 6) is 0.765. The highest BCUT2D eigenvalue weighted by Gasteiger charge is 2.15. The second kappa shape index (κ2) is 5.33. The van der Waals surface area contributed by atoms with Gasteiger partial charge in [-0.2, -0.15) is 0 Å². The van der Waals surface area contributed by atoms with Crippen molar-refractivity contribution in [3.05, 3.63) is 29.7 Å². The first-order valence-corrected chi connectivity index (χ1v) is 7.03. The molecule has 0 radical (unpaired) electrons. The van der Waals surface area contributed by atoms with Gasteiger partial charge in [0.1, 0.15) is 5.52 Å². The van der Waals surface area contributed by atoms with Crippen molar-refractivity contribution >= 4 is 11.1 Å². The Kier molecular flexibility index (Phi) is 3.95. The van der Waals surface area contributed by atoms with Crippen molar-refractivity contribution in [1.29, 1.82) is 0 Å². The Morgan fingerprint density at radius 3 is 2.68 bits per heavy atom. The van der Waals surface area contributed by atoms with E-state index in [-0.39, 0.29) is 5.41 Å². The molecule has 3 heteroatoms. The maximum absolute atomic E-state index is 5.76. The molecular weight excluding hydrogens is 236 g/mol. The van der Waals surface area contributed by atoms with Gasteiger partial charge in [0.05, 0.1) is 6.54 Å². The zero-order valence-corrected chi connectivity index (χ0v) is 12.6. The summed E-state index contributed by atoms with van der Waals surface area (Å²) in [6.07, 6.45) is 1.11. The first kappa shape index (κ1) is 14.1. The molecule has 0 saturated carbocycles. The fourth-order valence-corrected chi connectivity index (χ4v) is 1.92. The lowest BCUT2D eigenvalue weighted by Gasteiger charge is -2.18. The van der Waals surface area contributed by atoms with Gasteiger partial charge < -0.3 is 9.73 Å². The maximum atomic E-state index is 5.76. The van der Waals surface area contributed by atoms with Crippen molar-refractivity contribution < 1.29 is 4.42 Å². The fourth-order valence-electron chi connectivity index (χ4n) is 1.92. The number of aromatic nitrogens is 1. The molecule has 1 aromatic heterocycles. The molecular formula is C16H24N2O. The molecule has 1 unspecified atom stereocenters. The molecule has 2 aromatic rings. The summed E-state index contributed by atoms with van der Waals surface area (Å²) in [7, 11) is 0. The van der Waals surface area contributed by atoms with Crippen LogP contribution in [0, 0.1) is 0 Å². The lowest BCUT2D eigenvalue weighted by atomic mass is 9.87. The van der Waals surface area contributed by atoms with E-state index in [1.54, 1.807) is 0 Å². The van der Waals surface area contributed by atoms with Crippen LogP contribution in [-0.4, -0.2) is 11.0 Å². The highest BCUT2D eigenvalue weighted by molar-refractivity contribution is 5.73. The van der Waals surface area contributed by atoms with Gasteiger partial charge in [-0.05, 0) is 36.5 Å². The van der Waals surface area contributed by atoms with Gasteiger partial charge >= 0.3 is 0 Å². The van der Waals surface area contributed by atoms with Gasteiger partial charge in [-0.15, -0.1) is 0 Å². The van der Waals surface area contributed by atoms with E-state index in [1.807, 2.05) is 6.07 Å². The first-order valence-electron chi connectivity index (χ1n) is 7.03. The van der Waals surface area contributed by atoms with Gasteiger partial charge in [-0.25, -0.2) is 4.98 Å². The quantitative estimate of drug-likeness (QED) is 0.902. The number of nitrogens with one attached hydrogen (secondary N) is 1. The van der Waals surface area contributed by atoms with Crippen LogP contribution in [0.5, 0.6) is 0 Å². The van der Waals surface area contributed by atoms with E-state index in [0.29, 0.717) is 12.6 Å². The van der Waals surface area contributed by atoms with Crippen LogP contribution >= 0.6 is 0 Å². The number of hydrogen-bond donors (Lipinski definition) is 1. The largest absolute Gasteiger partial charge is 0.439 e. The molecule has 2 rings (SSSR count). The Bertz CT molecular complexity index is 551. The van der Waals surface area contributed by atoms with Crippen LogP contribution in [0.3, 0.4) is 0 Å². The minimum Gasteiger partial charge on any atom is -0.439 e. The molecule has 0 bridgehead atoms. The normalized spacial score (nSPS) is 13.9. The molecule has 0 fully saturated rings. The standard InChI is InChI=1S/C16H24N2O/c1-6-11(2)17-10-15-18-13-9-12(16(3,4)5)7-8-14(13)19-15/h7-9,11,17H,6,10H2,1-5H3. The monoisotopic (exact) mass is 260 g/mol. The van der Waals surface area contributed by atoms with Crippen molar-refractivity contribution in [3.8, 4) is 0 Å². The summed E-state index contributed by atoms with van der Waals surface area (Å²) in [6, 6.07) is 6.76. The zero-order chi connectivity index (χ0) is 14.0. The van der Waals surface area contributed by atoms with Crippen molar-refractivity contribution in [1.82, 2.24) is 10.3 Å². The molecule has 1 heterocycles. The number of hydrogen-bond acceptors (Lipinski definition) is 3. The highest BCUT2D eigenvalue weighted by atomic mass is 16.3.